The summed E-state index contributed by atoms with van der Waals surface area (Å²) in [5, 5.41) is 11.9. The minimum absolute atomic E-state index is 0.657. The molecule has 0 fully saturated rings. The fourth-order valence-electron chi connectivity index (χ4n) is 6.30. The van der Waals surface area contributed by atoms with Crippen LogP contribution in [0.15, 0.2) is 38.8 Å². The summed E-state index contributed by atoms with van der Waals surface area (Å²) >= 11 is -2.88. The van der Waals surface area contributed by atoms with E-state index in [1.807, 2.05) is 3.88 Å². The maximum atomic E-state index is 2.80. The van der Waals surface area contributed by atoms with Crippen LogP contribution in [0, 0.1) is 12.8 Å². The molecular weight excluding hydrogens is 428 g/mol. The fraction of sp³-hybridized carbons (Fsp3) is 0.630. The Bertz CT molecular complexity index is 859. The molecule has 0 aromatic heterocycles. The molecule has 0 spiro atoms. The van der Waals surface area contributed by atoms with Crippen LogP contribution in [0.4, 0.5) is 0 Å². The van der Waals surface area contributed by atoms with E-state index in [1.165, 1.54) is 30.9 Å². The third kappa shape index (κ3) is 5.08. The summed E-state index contributed by atoms with van der Waals surface area (Å²) in [4.78, 5) is 0. The van der Waals surface area contributed by atoms with Gasteiger partial charge >= 0.3 is 192 Å². The van der Waals surface area contributed by atoms with Crippen molar-refractivity contribution in [1.29, 1.82) is 0 Å². The molecule has 2 atom stereocenters. The number of aryl methyl sites for hydroxylation is 1. The molecular formula is C27H49Si2Ti. The Morgan fingerprint density at radius 1 is 0.900 bits per heavy atom. The average Bonchev–Trinajstić information content (AvgIpc) is 2.80. The van der Waals surface area contributed by atoms with Crippen LogP contribution in [-0.2, 0) is 14.6 Å². The molecule has 1 aliphatic carbocycles. The van der Waals surface area contributed by atoms with E-state index in [4.69, 9.17) is 0 Å². The van der Waals surface area contributed by atoms with E-state index in [-0.39, 0.29) is 0 Å². The molecule has 3 heteroatoms. The molecule has 0 nitrogen and oxygen atoms in total. The first-order chi connectivity index (χ1) is 13.6. The molecule has 1 aliphatic rings. The van der Waals surface area contributed by atoms with Crippen molar-refractivity contribution in [2.45, 2.75) is 102 Å². The molecule has 1 aromatic carbocycles. The van der Waals surface area contributed by atoms with Gasteiger partial charge in [0.1, 0.15) is 0 Å². The van der Waals surface area contributed by atoms with Crippen molar-refractivity contribution < 1.29 is 14.6 Å². The quantitative estimate of drug-likeness (QED) is 0.265. The number of rotatable bonds is 8. The SMILES string of the molecule is CCCCC[SiH](c1cc(C)cc([Si](C)(C)C)c1)[Ti]([CH3])([CH3])([CH3])[C]1=C(C)C(C)=C(C)C1C. The molecule has 2 rings (SSSR count). The Balaban J connectivity index is 2.69. The second-order valence-corrected chi connectivity index (χ2v) is 42.8. The van der Waals surface area contributed by atoms with Crippen molar-refractivity contribution in [2.75, 3.05) is 0 Å². The molecule has 0 aliphatic heterocycles. The van der Waals surface area contributed by atoms with Crippen LogP contribution in [0.1, 0.15) is 59.4 Å². The Hall–Kier alpha value is -0.152. The van der Waals surface area contributed by atoms with Crippen LogP contribution in [-0.4, -0.2) is 14.7 Å². The standard InChI is InChI=1S/C15H27Si2.C9H13.3CH3.Ti/c1-6-7-8-9-16-14-10-13(2)11-15(12-14)17(3,4)5;1-6-5-7(2)9(4)8(6)3;;;;/h10-12,16H,6-9H2,1-5H3;6H,1-4H3;3*1H3;. The van der Waals surface area contributed by atoms with Crippen molar-refractivity contribution in [1.82, 2.24) is 0 Å². The Kier molecular flexibility index (Phi) is 7.83. The van der Waals surface area contributed by atoms with Gasteiger partial charge < -0.3 is 0 Å². The molecule has 169 valence electrons. The Morgan fingerprint density at radius 3 is 1.97 bits per heavy atom. The first kappa shape index (κ1) is 26.1. The van der Waals surface area contributed by atoms with Gasteiger partial charge in [0, 0.05) is 0 Å². The van der Waals surface area contributed by atoms with E-state index in [0.29, 0.717) is 5.92 Å². The number of benzene rings is 1. The third-order valence-corrected chi connectivity index (χ3v) is 34.8. The van der Waals surface area contributed by atoms with E-state index >= 15 is 0 Å². The molecule has 1 aromatic rings. The molecule has 0 N–H and O–H groups in total. The van der Waals surface area contributed by atoms with E-state index in [2.05, 4.69) is 95.1 Å². The number of allylic oxidation sites excluding steroid dienone is 4. The average molecular weight is 478 g/mol. The molecule has 0 saturated carbocycles. The first-order valence-corrected chi connectivity index (χ1v) is 26.0. The van der Waals surface area contributed by atoms with Gasteiger partial charge in [-0.3, -0.25) is 0 Å². The van der Waals surface area contributed by atoms with E-state index in [9.17, 15) is 0 Å². The summed E-state index contributed by atoms with van der Waals surface area (Å²) in [7, 11) is -1.32. The van der Waals surface area contributed by atoms with Gasteiger partial charge in [-0.25, -0.2) is 0 Å². The van der Waals surface area contributed by atoms with Crippen LogP contribution in [0.2, 0.25) is 41.4 Å². The predicted molar refractivity (Wildman–Crippen MR) is 143 cm³/mol. The van der Waals surface area contributed by atoms with Gasteiger partial charge in [-0.15, -0.1) is 0 Å². The molecule has 0 bridgehead atoms. The minimum atomic E-state index is -2.88. The monoisotopic (exact) mass is 477 g/mol. The zero-order valence-electron chi connectivity index (χ0n) is 22.2. The van der Waals surface area contributed by atoms with Crippen molar-refractivity contribution >= 4 is 25.1 Å². The van der Waals surface area contributed by atoms with Crippen molar-refractivity contribution in [3.8, 4) is 0 Å². The summed E-state index contributed by atoms with van der Waals surface area (Å²) < 4.78 is 1.92. The van der Waals surface area contributed by atoms with Crippen LogP contribution < -0.4 is 10.4 Å². The summed E-state index contributed by atoms with van der Waals surface area (Å²) in [5.74, 6) is 0.657. The van der Waals surface area contributed by atoms with Gasteiger partial charge in [0.25, 0.3) is 0 Å². The van der Waals surface area contributed by atoms with E-state index in [1.54, 1.807) is 27.1 Å². The fourth-order valence-corrected chi connectivity index (χ4v) is 32.9. The summed E-state index contributed by atoms with van der Waals surface area (Å²) in [6.45, 7) is 20.8. The van der Waals surface area contributed by atoms with E-state index in [0.717, 1.165) is 0 Å². The summed E-state index contributed by atoms with van der Waals surface area (Å²) in [6.07, 6.45) is 4.14. The van der Waals surface area contributed by atoms with Crippen LogP contribution in [0.25, 0.3) is 0 Å². The van der Waals surface area contributed by atoms with Crippen molar-refractivity contribution in [3.05, 3.63) is 44.4 Å². The molecule has 0 saturated heterocycles. The van der Waals surface area contributed by atoms with Crippen molar-refractivity contribution in [2.24, 2.45) is 5.92 Å². The second kappa shape index (κ2) is 9.00. The summed E-state index contributed by atoms with van der Waals surface area (Å²) in [5.41, 5.74) is 6.38. The zero-order valence-corrected chi connectivity index (χ0v) is 25.9. The van der Waals surface area contributed by atoms with Gasteiger partial charge in [-0.2, -0.15) is 0 Å². The number of hydrogen-bond acceptors (Lipinski definition) is 0. The first-order valence-electron chi connectivity index (χ1n) is 12.3. The van der Waals surface area contributed by atoms with Crippen LogP contribution >= 0.6 is 0 Å². The summed E-state index contributed by atoms with van der Waals surface area (Å²) in [6, 6.07) is 9.29. The third-order valence-electron chi connectivity index (χ3n) is 8.29. The molecule has 30 heavy (non-hydrogen) atoms. The van der Waals surface area contributed by atoms with Gasteiger partial charge in [0.05, 0.1) is 0 Å². The Morgan fingerprint density at radius 2 is 1.50 bits per heavy atom. The molecule has 2 unspecified atom stereocenters. The van der Waals surface area contributed by atoms with Gasteiger partial charge in [0.2, 0.25) is 0 Å². The van der Waals surface area contributed by atoms with Gasteiger partial charge in [-0.1, -0.05) is 0 Å². The van der Waals surface area contributed by atoms with Gasteiger partial charge in [0.15, 0.2) is 0 Å². The van der Waals surface area contributed by atoms with E-state index < -0.39 is 29.3 Å². The predicted octanol–water partition coefficient (Wildman–Crippen LogP) is 7.76. The zero-order chi connectivity index (χ0) is 23.1. The maximum absolute atomic E-state index is 2.88. The Labute approximate surface area is 191 Å². The number of hydrogen-bond donors (Lipinski definition) is 0. The molecule has 0 amide bonds. The molecule has 0 heterocycles. The van der Waals surface area contributed by atoms with Crippen molar-refractivity contribution in [3.63, 3.8) is 0 Å². The second-order valence-electron chi connectivity index (χ2n) is 12.8. The van der Waals surface area contributed by atoms with Crippen LogP contribution in [0.5, 0.6) is 0 Å². The normalized spacial score (nSPS) is 20.5. The van der Waals surface area contributed by atoms with Gasteiger partial charge in [-0.05, 0) is 0 Å². The van der Waals surface area contributed by atoms with Crippen LogP contribution in [0.3, 0.4) is 0 Å². The number of unbranched alkanes of at least 4 members (excludes halogenated alkanes) is 2. The topological polar surface area (TPSA) is 0 Å². The molecule has 0 radical (unpaired) electrons.